The molecule has 9 nitrogen and oxygen atoms in total. The third kappa shape index (κ3) is 10.2. The van der Waals surface area contributed by atoms with Crippen molar-refractivity contribution < 1.29 is 44.3 Å². The average molecular weight is 370 g/mol. The van der Waals surface area contributed by atoms with Gasteiger partial charge in [-0.2, -0.15) is 0 Å². The molecule has 0 bridgehead atoms. The zero-order valence-electron chi connectivity index (χ0n) is 14.3. The summed E-state index contributed by atoms with van der Waals surface area (Å²) in [5.74, 6) is -2.84. The molecule has 0 fully saturated rings. The molecule has 1 unspecified atom stereocenters. The molecule has 1 aromatic rings. The molecular weight excluding hydrogens is 348 g/mol. The Kier molecular flexibility index (Phi) is 11.2. The van der Waals surface area contributed by atoms with E-state index in [-0.39, 0.29) is 19.4 Å². The van der Waals surface area contributed by atoms with Crippen molar-refractivity contribution in [2.45, 2.75) is 38.7 Å². The first-order chi connectivity index (χ1) is 12.2. The van der Waals surface area contributed by atoms with Crippen molar-refractivity contribution in [1.29, 1.82) is 0 Å². The van der Waals surface area contributed by atoms with Crippen LogP contribution < -0.4 is 0 Å². The van der Waals surface area contributed by atoms with Crippen LogP contribution in [0.5, 0.6) is 0 Å². The summed E-state index contributed by atoms with van der Waals surface area (Å²) >= 11 is 0. The fraction of sp³-hybridized carbons (Fsp3) is 0.412. The van der Waals surface area contributed by atoms with Crippen molar-refractivity contribution in [3.05, 3.63) is 35.4 Å². The number of hydrogen-bond donors (Lipinski definition) is 4. The molecule has 1 aromatic carbocycles. The number of fused-ring (bicyclic) bond motifs is 1. The number of rotatable bonds is 6. The summed E-state index contributed by atoms with van der Waals surface area (Å²) in [6.45, 7) is 1.39. The fourth-order valence-corrected chi connectivity index (χ4v) is 1.59. The van der Waals surface area contributed by atoms with Gasteiger partial charge in [-0.3, -0.25) is 9.59 Å². The van der Waals surface area contributed by atoms with E-state index in [2.05, 4.69) is 4.74 Å². The van der Waals surface area contributed by atoms with Gasteiger partial charge in [-0.25, -0.2) is 9.59 Å². The number of carboxylic acids is 2. The molecule has 144 valence electrons. The van der Waals surface area contributed by atoms with Crippen molar-refractivity contribution in [2.24, 2.45) is 0 Å². The van der Waals surface area contributed by atoms with Crippen LogP contribution in [0.15, 0.2) is 24.3 Å². The minimum absolute atomic E-state index is 0.0628. The maximum Gasteiger partial charge on any atom is 0.346 e. The van der Waals surface area contributed by atoms with Crippen LogP contribution in [0.2, 0.25) is 0 Å². The Balaban J connectivity index is 0.000000388. The van der Waals surface area contributed by atoms with Gasteiger partial charge in [0.2, 0.25) is 0 Å². The predicted octanol–water partition coefficient (Wildman–Crippen LogP) is 1.07. The van der Waals surface area contributed by atoms with Crippen molar-refractivity contribution >= 4 is 23.9 Å². The summed E-state index contributed by atoms with van der Waals surface area (Å²) in [6.07, 6.45) is 0.457. The predicted molar refractivity (Wildman–Crippen MR) is 88.7 cm³/mol. The molecule has 0 aromatic heterocycles. The number of carbonyl (C=O) groups excluding carboxylic acids is 2. The molecule has 26 heavy (non-hydrogen) atoms. The molecule has 0 saturated heterocycles. The normalized spacial score (nSPS) is 12.6. The summed E-state index contributed by atoms with van der Waals surface area (Å²) in [7, 11) is 0. The lowest BCUT2D eigenvalue weighted by Gasteiger charge is -1.92. The first kappa shape index (κ1) is 23.2. The molecule has 2 rings (SSSR count). The second-order valence-corrected chi connectivity index (χ2v) is 5.25. The Labute approximate surface area is 149 Å². The molecule has 9 heteroatoms. The van der Waals surface area contributed by atoms with Crippen LogP contribution in [0.3, 0.4) is 0 Å². The van der Waals surface area contributed by atoms with E-state index in [0.29, 0.717) is 24.0 Å². The molecule has 1 aliphatic rings. The van der Waals surface area contributed by atoms with Gasteiger partial charge < -0.3 is 25.2 Å². The largest absolute Gasteiger partial charge is 0.481 e. The monoisotopic (exact) mass is 370 g/mol. The number of carbonyl (C=O) groups is 4. The van der Waals surface area contributed by atoms with Crippen LogP contribution in [-0.2, 0) is 14.3 Å². The Morgan fingerprint density at radius 3 is 1.58 bits per heavy atom. The molecule has 0 saturated carbocycles. The van der Waals surface area contributed by atoms with E-state index in [0.717, 1.165) is 0 Å². The van der Waals surface area contributed by atoms with Gasteiger partial charge in [0.1, 0.15) is 0 Å². The van der Waals surface area contributed by atoms with Gasteiger partial charge in [-0.1, -0.05) is 12.1 Å². The number of unbranched alkanes of at least 4 members (excludes halogenated alkanes) is 1. The lowest BCUT2D eigenvalue weighted by molar-refractivity contribution is -0.139. The van der Waals surface area contributed by atoms with Crippen LogP contribution in [0, 0.1) is 0 Å². The molecule has 0 spiro atoms. The zero-order valence-corrected chi connectivity index (χ0v) is 14.3. The molecule has 1 heterocycles. The highest BCUT2D eigenvalue weighted by molar-refractivity contribution is 6.14. The Bertz CT molecular complexity index is 573. The smallest absolute Gasteiger partial charge is 0.346 e. The molecule has 0 radical (unpaired) electrons. The molecule has 0 aliphatic carbocycles. The van der Waals surface area contributed by atoms with Gasteiger partial charge in [0.25, 0.3) is 0 Å². The number of aliphatic hydroxyl groups excluding tert-OH is 2. The molecule has 1 atom stereocenters. The van der Waals surface area contributed by atoms with E-state index in [4.69, 9.17) is 20.4 Å². The van der Waals surface area contributed by atoms with E-state index in [1.54, 1.807) is 24.3 Å². The van der Waals surface area contributed by atoms with E-state index in [1.807, 2.05) is 0 Å². The summed E-state index contributed by atoms with van der Waals surface area (Å²) in [5.41, 5.74) is 0.718. The van der Waals surface area contributed by atoms with E-state index in [1.165, 1.54) is 6.92 Å². The van der Waals surface area contributed by atoms with E-state index < -0.39 is 30.0 Å². The van der Waals surface area contributed by atoms with Crippen LogP contribution >= 0.6 is 0 Å². The number of aliphatic hydroxyl groups is 2. The quantitative estimate of drug-likeness (QED) is 0.326. The number of hydrogen-bond acceptors (Lipinski definition) is 7. The van der Waals surface area contributed by atoms with Gasteiger partial charge in [0.15, 0.2) is 0 Å². The van der Waals surface area contributed by atoms with Crippen LogP contribution in [0.4, 0.5) is 0 Å². The number of cyclic esters (lactones) is 2. The van der Waals surface area contributed by atoms with Crippen molar-refractivity contribution in [3.63, 3.8) is 0 Å². The maximum absolute atomic E-state index is 10.8. The van der Waals surface area contributed by atoms with E-state index in [9.17, 15) is 19.2 Å². The lowest BCUT2D eigenvalue weighted by atomic mass is 10.1. The summed E-state index contributed by atoms with van der Waals surface area (Å²) in [4.78, 5) is 41.5. The topological polar surface area (TPSA) is 158 Å². The Hall–Kier alpha value is -2.78. The molecule has 4 N–H and O–H groups in total. The standard InChI is InChI=1S/C8H4O3.C6H10O4.C3H8O2/c9-7-5-3-1-2-4-6(5)8(10)11-7;7-5(8)3-1-2-4-6(9)10;1-3(5)2-4/h1-4H;1-4H2,(H,7,8)(H,9,10);3-5H,2H2,1H3. The van der Waals surface area contributed by atoms with Gasteiger partial charge >= 0.3 is 23.9 Å². The molecule has 1 aliphatic heterocycles. The van der Waals surface area contributed by atoms with Crippen LogP contribution in [0.1, 0.15) is 53.3 Å². The first-order valence-corrected chi connectivity index (χ1v) is 7.77. The van der Waals surface area contributed by atoms with Crippen LogP contribution in [-0.4, -0.2) is 57.0 Å². The van der Waals surface area contributed by atoms with Gasteiger partial charge in [-0.05, 0) is 31.9 Å². The minimum Gasteiger partial charge on any atom is -0.481 e. The SMILES string of the molecule is CC(O)CO.O=C(O)CCCCC(=O)O.O=C1OC(=O)c2ccccc21. The highest BCUT2D eigenvalue weighted by Crippen LogP contribution is 2.18. The lowest BCUT2D eigenvalue weighted by Crippen LogP contribution is -2.03. The Morgan fingerprint density at radius 1 is 0.962 bits per heavy atom. The van der Waals surface area contributed by atoms with Gasteiger partial charge in [0, 0.05) is 12.8 Å². The van der Waals surface area contributed by atoms with Crippen LogP contribution in [0.25, 0.3) is 0 Å². The van der Waals surface area contributed by atoms with Gasteiger partial charge in [0.05, 0.1) is 23.8 Å². The third-order valence-electron chi connectivity index (χ3n) is 2.85. The number of ether oxygens (including phenoxy) is 1. The van der Waals surface area contributed by atoms with Crippen molar-refractivity contribution in [3.8, 4) is 0 Å². The van der Waals surface area contributed by atoms with Gasteiger partial charge in [-0.15, -0.1) is 0 Å². The fourth-order valence-electron chi connectivity index (χ4n) is 1.59. The summed E-state index contributed by atoms with van der Waals surface area (Å²) in [6, 6.07) is 6.53. The first-order valence-electron chi connectivity index (χ1n) is 7.77. The highest BCUT2D eigenvalue weighted by atomic mass is 16.6. The summed E-state index contributed by atoms with van der Waals surface area (Å²) in [5, 5.41) is 32.3. The summed E-state index contributed by atoms with van der Waals surface area (Å²) < 4.78 is 4.35. The number of carboxylic acid groups (broad SMARTS) is 2. The minimum atomic E-state index is -0.870. The number of aliphatic carboxylic acids is 2. The highest BCUT2D eigenvalue weighted by Gasteiger charge is 2.28. The molecule has 0 amide bonds. The average Bonchev–Trinajstić information content (AvgIpc) is 2.87. The molecular formula is C17H22O9. The zero-order chi connectivity index (χ0) is 20.1. The van der Waals surface area contributed by atoms with E-state index >= 15 is 0 Å². The van der Waals surface area contributed by atoms with Crippen molar-refractivity contribution in [2.75, 3.05) is 6.61 Å². The second kappa shape index (κ2) is 12.6. The number of benzene rings is 1. The van der Waals surface area contributed by atoms with Crippen molar-refractivity contribution in [1.82, 2.24) is 0 Å². The second-order valence-electron chi connectivity index (χ2n) is 5.25. The third-order valence-corrected chi connectivity index (χ3v) is 2.85. The number of esters is 2. The Morgan fingerprint density at radius 2 is 1.31 bits per heavy atom. The maximum atomic E-state index is 10.8.